The number of anilines is 2. The van der Waals surface area contributed by atoms with Gasteiger partial charge < -0.3 is 19.8 Å². The van der Waals surface area contributed by atoms with E-state index in [9.17, 15) is 32.3 Å². The van der Waals surface area contributed by atoms with Gasteiger partial charge in [0.05, 0.1) is 45.3 Å². The number of fused-ring (bicyclic) bond motifs is 9. The van der Waals surface area contributed by atoms with Crippen LogP contribution in [0.5, 0.6) is 11.5 Å². The van der Waals surface area contributed by atoms with Crippen molar-refractivity contribution in [3.05, 3.63) is 96.4 Å². The number of benzene rings is 3. The Balaban J connectivity index is 1.08. The highest BCUT2D eigenvalue weighted by molar-refractivity contribution is 8.00. The van der Waals surface area contributed by atoms with E-state index in [0.717, 1.165) is 38.8 Å². The van der Waals surface area contributed by atoms with Crippen LogP contribution in [-0.2, 0) is 20.6 Å². The van der Waals surface area contributed by atoms with Gasteiger partial charge in [-0.05, 0) is 78.3 Å². The average Bonchev–Trinajstić information content (AvgIpc) is 3.83. The molecule has 264 valence electrons. The first-order chi connectivity index (χ1) is 24.3. The Morgan fingerprint density at radius 1 is 0.980 bits per heavy atom. The van der Waals surface area contributed by atoms with Crippen LogP contribution in [0.4, 0.5) is 24.5 Å². The van der Waals surface area contributed by atoms with Gasteiger partial charge in [0.25, 0.3) is 5.91 Å². The lowest BCUT2D eigenvalue weighted by Gasteiger charge is -2.43. The van der Waals surface area contributed by atoms with Crippen molar-refractivity contribution < 1.29 is 37.0 Å². The number of aromatic nitrogens is 1. The highest BCUT2D eigenvalue weighted by Gasteiger charge is 2.69. The fourth-order valence-corrected chi connectivity index (χ4v) is 11.6. The number of nitrogens with one attached hydrogen (secondary N) is 2. The second kappa shape index (κ2) is 12.6. The van der Waals surface area contributed by atoms with Crippen molar-refractivity contribution in [3.8, 4) is 11.5 Å². The highest BCUT2D eigenvalue weighted by atomic mass is 35.5. The van der Waals surface area contributed by atoms with Gasteiger partial charge in [-0.25, -0.2) is 0 Å². The standard InChI is InChI=1S/C35H26Cl2F3N3O6S2/c1-48-23-9-14(5-8-22(23)49-13-24(44)41-16-6-7-20(36)21(37)11-16)25-26-18-12-19(29(26)50-31-30(25)51-34(47)42-31)28-27(18)32(45)43(33(28)46)17-4-2-3-15(10-17)35(38,39)40/h2-11,18-19,25-29H,12-13H2,1H3,(H,41,44)(H,42,47)/t18-,19-,25+,26-,27+,28+,29-/m1/s1. The van der Waals surface area contributed by atoms with E-state index in [1.54, 1.807) is 24.3 Å². The number of H-pyrrole nitrogens is 1. The van der Waals surface area contributed by atoms with E-state index in [1.807, 2.05) is 6.07 Å². The van der Waals surface area contributed by atoms with Gasteiger partial charge >= 0.3 is 11.0 Å². The van der Waals surface area contributed by atoms with E-state index < -0.39 is 41.3 Å². The number of carbonyl (C=O) groups excluding carboxylic acids is 3. The molecule has 3 amide bonds. The number of thioether (sulfide) groups is 1. The van der Waals surface area contributed by atoms with Crippen LogP contribution >= 0.6 is 46.3 Å². The molecule has 3 heterocycles. The van der Waals surface area contributed by atoms with E-state index in [0.29, 0.717) is 33.7 Å². The topological polar surface area (TPSA) is 118 Å². The quantitative estimate of drug-likeness (QED) is 0.187. The van der Waals surface area contributed by atoms with Crippen LogP contribution in [0.25, 0.3) is 0 Å². The zero-order valence-corrected chi connectivity index (χ0v) is 29.5. The van der Waals surface area contributed by atoms with Crippen LogP contribution < -0.4 is 24.6 Å². The third kappa shape index (κ3) is 5.71. The van der Waals surface area contributed by atoms with Crippen LogP contribution in [0.3, 0.4) is 0 Å². The molecule has 7 atom stereocenters. The number of amides is 3. The summed E-state index contributed by atoms with van der Waals surface area (Å²) in [5.41, 5.74) is 0.212. The highest BCUT2D eigenvalue weighted by Crippen LogP contribution is 2.69. The van der Waals surface area contributed by atoms with Gasteiger partial charge in [0.2, 0.25) is 11.8 Å². The minimum atomic E-state index is -4.63. The number of rotatable bonds is 7. The summed E-state index contributed by atoms with van der Waals surface area (Å²) in [7, 11) is 1.47. The molecule has 51 heavy (non-hydrogen) atoms. The van der Waals surface area contributed by atoms with E-state index >= 15 is 0 Å². The van der Waals surface area contributed by atoms with Crippen molar-refractivity contribution in [3.63, 3.8) is 0 Å². The number of thiazole rings is 1. The molecule has 3 aromatic carbocycles. The van der Waals surface area contributed by atoms with Gasteiger partial charge in [-0.3, -0.25) is 24.1 Å². The Morgan fingerprint density at radius 3 is 2.47 bits per heavy atom. The Morgan fingerprint density at radius 2 is 1.75 bits per heavy atom. The van der Waals surface area contributed by atoms with Crippen molar-refractivity contribution in [2.45, 2.75) is 28.8 Å². The smallest absolute Gasteiger partial charge is 0.416 e. The summed E-state index contributed by atoms with van der Waals surface area (Å²) in [4.78, 5) is 57.7. The molecule has 0 unspecified atom stereocenters. The molecule has 2 aliphatic carbocycles. The predicted molar refractivity (Wildman–Crippen MR) is 186 cm³/mol. The summed E-state index contributed by atoms with van der Waals surface area (Å²) in [6, 6.07) is 14.3. The second-order valence-electron chi connectivity index (χ2n) is 12.9. The number of aromatic amines is 1. The maximum atomic E-state index is 14.0. The molecule has 2 saturated carbocycles. The Bertz CT molecular complexity index is 2180. The Hall–Kier alpha value is -3.98. The normalized spacial score (nSPS) is 26.2. The molecule has 16 heteroatoms. The van der Waals surface area contributed by atoms with Gasteiger partial charge in [0.15, 0.2) is 18.1 Å². The summed E-state index contributed by atoms with van der Waals surface area (Å²) in [5.74, 6) is -3.13. The van der Waals surface area contributed by atoms with Crippen molar-refractivity contribution in [2.75, 3.05) is 23.9 Å². The lowest BCUT2D eigenvalue weighted by atomic mass is 9.68. The van der Waals surface area contributed by atoms with Gasteiger partial charge in [0.1, 0.15) is 0 Å². The fraction of sp³-hybridized carbons (Fsp3) is 0.314. The molecule has 0 spiro atoms. The second-order valence-corrected chi connectivity index (χ2v) is 15.9. The van der Waals surface area contributed by atoms with Crippen molar-refractivity contribution >= 4 is 75.4 Å². The molecular weight excluding hydrogens is 750 g/mol. The molecule has 1 aromatic heterocycles. The van der Waals surface area contributed by atoms with Gasteiger partial charge in [0, 0.05) is 21.7 Å². The molecule has 4 aliphatic rings. The monoisotopic (exact) mass is 775 g/mol. The lowest BCUT2D eigenvalue weighted by molar-refractivity contribution is -0.137. The number of nitrogens with zero attached hydrogens (tertiary/aromatic N) is 1. The predicted octanol–water partition coefficient (Wildman–Crippen LogP) is 7.47. The summed E-state index contributed by atoms with van der Waals surface area (Å²) in [5, 5.41) is 3.90. The average molecular weight is 777 g/mol. The first-order valence-electron chi connectivity index (χ1n) is 15.8. The van der Waals surface area contributed by atoms with E-state index in [2.05, 4.69) is 10.3 Å². The van der Waals surface area contributed by atoms with Gasteiger partial charge in [-0.15, -0.1) is 11.8 Å². The fourth-order valence-electron chi connectivity index (χ4n) is 8.38. The van der Waals surface area contributed by atoms with Gasteiger partial charge in [-0.1, -0.05) is 46.7 Å². The minimum absolute atomic E-state index is 0.0878. The van der Waals surface area contributed by atoms with Gasteiger partial charge in [-0.2, -0.15) is 13.2 Å². The molecule has 1 saturated heterocycles. The molecule has 9 nitrogen and oxygen atoms in total. The third-order valence-electron chi connectivity index (χ3n) is 10.3. The Labute approximate surface area is 306 Å². The van der Waals surface area contributed by atoms with Crippen LogP contribution in [0.2, 0.25) is 10.0 Å². The third-order valence-corrected chi connectivity index (χ3v) is 13.6. The summed E-state index contributed by atoms with van der Waals surface area (Å²) in [6.45, 7) is -0.338. The first kappa shape index (κ1) is 34.1. The zero-order chi connectivity index (χ0) is 35.9. The number of alkyl halides is 3. The molecule has 2 N–H and O–H groups in total. The minimum Gasteiger partial charge on any atom is -0.493 e. The molecule has 4 aromatic rings. The van der Waals surface area contributed by atoms with Crippen LogP contribution in [0, 0.1) is 29.6 Å². The summed E-state index contributed by atoms with van der Waals surface area (Å²) < 4.78 is 52.1. The molecule has 2 bridgehead atoms. The molecular formula is C35H26Cl2F3N3O6S2. The lowest BCUT2D eigenvalue weighted by Crippen LogP contribution is -2.42. The van der Waals surface area contributed by atoms with E-state index in [4.69, 9.17) is 32.7 Å². The van der Waals surface area contributed by atoms with E-state index in [-0.39, 0.29) is 51.1 Å². The number of ether oxygens (including phenoxy) is 2. The number of hydrogen-bond donors (Lipinski definition) is 2. The van der Waals surface area contributed by atoms with Crippen LogP contribution in [-0.4, -0.2) is 41.7 Å². The maximum absolute atomic E-state index is 14.0. The molecule has 2 aliphatic heterocycles. The van der Waals surface area contributed by atoms with Crippen LogP contribution in [0.15, 0.2) is 70.5 Å². The molecule has 8 rings (SSSR count). The maximum Gasteiger partial charge on any atom is 0.416 e. The van der Waals surface area contributed by atoms with Crippen molar-refractivity contribution in [1.82, 2.24) is 4.98 Å². The number of methoxy groups -OCH3 is 1. The van der Waals surface area contributed by atoms with Crippen molar-refractivity contribution in [2.24, 2.45) is 29.6 Å². The largest absolute Gasteiger partial charge is 0.493 e. The zero-order valence-electron chi connectivity index (χ0n) is 26.3. The van der Waals surface area contributed by atoms with E-state index in [1.165, 1.54) is 37.1 Å². The first-order valence-corrected chi connectivity index (χ1v) is 18.3. The summed E-state index contributed by atoms with van der Waals surface area (Å²) in [6.07, 6.45) is -4.03. The SMILES string of the molecule is COc1cc([C@@H]2c3sc(=O)[nH]c3S[C@@H]3[C@@H]4C[C@@H]([C@@H]5C(=O)N(c6cccc(C(F)(F)F)c6)C(=O)[C@@H]45)[C@H]23)ccc1OCC(=O)Nc1ccc(Cl)c(Cl)c1. The Kier molecular flexibility index (Phi) is 8.43. The summed E-state index contributed by atoms with van der Waals surface area (Å²) >= 11 is 14.6. The molecule has 3 fully saturated rings. The number of hydrogen-bond acceptors (Lipinski definition) is 8. The van der Waals surface area contributed by atoms with Crippen LogP contribution in [0.1, 0.15) is 28.3 Å². The number of halogens is 5. The van der Waals surface area contributed by atoms with Crippen molar-refractivity contribution in [1.29, 1.82) is 0 Å². The number of imide groups is 1. The number of carbonyl (C=O) groups is 3. The molecule has 0 radical (unpaired) electrons.